The fraction of sp³-hybridized carbons (Fsp3) is 0.304. The number of hydrogen-bond donors (Lipinski definition) is 0. The van der Waals surface area contributed by atoms with E-state index in [0.717, 1.165) is 43.2 Å². The minimum Gasteiger partial charge on any atom is -0.491 e. The molecule has 0 radical (unpaired) electrons. The largest absolute Gasteiger partial charge is 0.491 e. The minimum absolute atomic E-state index is 0.125. The Morgan fingerprint density at radius 2 is 1.81 bits per heavy atom. The van der Waals surface area contributed by atoms with Crippen LogP contribution in [0.15, 0.2) is 46.3 Å². The van der Waals surface area contributed by atoms with E-state index in [0.29, 0.717) is 32.5 Å². The zero-order valence-corrected chi connectivity index (χ0v) is 20.1. The Balaban J connectivity index is 1.53. The molecule has 1 amide bonds. The van der Waals surface area contributed by atoms with Crippen molar-refractivity contribution in [1.29, 1.82) is 0 Å². The summed E-state index contributed by atoms with van der Waals surface area (Å²) < 4.78 is 10.9. The molecule has 0 unspecified atom stereocenters. The van der Waals surface area contributed by atoms with Gasteiger partial charge in [0.2, 0.25) is 0 Å². The molecule has 0 spiro atoms. The molecular weight excluding hydrogens is 469 g/mol. The number of amidine groups is 1. The highest BCUT2D eigenvalue weighted by Gasteiger charge is 2.30. The number of carbonyl (C=O) groups excluding carboxylic acids is 1. The summed E-state index contributed by atoms with van der Waals surface area (Å²) in [5.74, 6) is 0.322. The Labute approximate surface area is 201 Å². The molecule has 2 aromatic rings. The lowest BCUT2D eigenvalue weighted by molar-refractivity contribution is -0.121. The Bertz CT molecular complexity index is 1040. The summed E-state index contributed by atoms with van der Waals surface area (Å²) in [5, 5.41) is 1.43. The van der Waals surface area contributed by atoms with E-state index in [9.17, 15) is 4.79 Å². The molecule has 0 aromatic heterocycles. The number of likely N-dealkylation sites (N-methyl/N-ethyl adjacent to an activating group) is 1. The average molecular weight is 492 g/mol. The van der Waals surface area contributed by atoms with Crippen molar-refractivity contribution in [2.24, 2.45) is 4.99 Å². The standard InChI is InChI=1S/C23H23Cl2N3O3S/c1-3-31-21-18(24)12-15(13-19(21)25)14-20-22(29)27(2)23(32-20)26-16-4-6-17(7-5-16)28-8-10-30-11-9-28/h4-7,12-14H,3,8-11H2,1-2H3/b20-14-,26-23?. The van der Waals surface area contributed by atoms with Crippen molar-refractivity contribution in [3.8, 4) is 5.75 Å². The maximum Gasteiger partial charge on any atom is 0.266 e. The number of ether oxygens (including phenoxy) is 2. The summed E-state index contributed by atoms with van der Waals surface area (Å²) in [4.78, 5) is 21.8. The predicted molar refractivity (Wildman–Crippen MR) is 133 cm³/mol. The fourth-order valence-corrected chi connectivity index (χ4v) is 5.02. The number of amides is 1. The van der Waals surface area contributed by atoms with Gasteiger partial charge in [0.25, 0.3) is 5.91 Å². The molecule has 2 aromatic carbocycles. The van der Waals surface area contributed by atoms with Crippen molar-refractivity contribution < 1.29 is 14.3 Å². The van der Waals surface area contributed by atoms with Gasteiger partial charge in [0, 0.05) is 25.8 Å². The number of benzene rings is 2. The molecule has 0 saturated carbocycles. The molecule has 9 heteroatoms. The quantitative estimate of drug-likeness (QED) is 0.519. The molecule has 0 N–H and O–H groups in total. The van der Waals surface area contributed by atoms with E-state index in [2.05, 4.69) is 9.89 Å². The Morgan fingerprint density at radius 3 is 2.44 bits per heavy atom. The molecule has 2 heterocycles. The lowest BCUT2D eigenvalue weighted by atomic mass is 10.2. The van der Waals surface area contributed by atoms with E-state index < -0.39 is 0 Å². The minimum atomic E-state index is -0.125. The zero-order chi connectivity index (χ0) is 22.7. The third-order valence-electron chi connectivity index (χ3n) is 5.06. The smallest absolute Gasteiger partial charge is 0.266 e. The Morgan fingerprint density at radius 1 is 1.16 bits per heavy atom. The fourth-order valence-electron chi connectivity index (χ4n) is 3.42. The number of halogens is 2. The van der Waals surface area contributed by atoms with E-state index in [4.69, 9.17) is 32.7 Å². The van der Waals surface area contributed by atoms with Crippen LogP contribution in [0.25, 0.3) is 6.08 Å². The van der Waals surface area contributed by atoms with Crippen LogP contribution < -0.4 is 9.64 Å². The number of carbonyl (C=O) groups is 1. The number of rotatable bonds is 5. The van der Waals surface area contributed by atoms with Crippen LogP contribution in [0.5, 0.6) is 5.75 Å². The molecule has 32 heavy (non-hydrogen) atoms. The summed E-state index contributed by atoms with van der Waals surface area (Å²) in [6.07, 6.45) is 1.76. The van der Waals surface area contributed by atoms with E-state index in [-0.39, 0.29) is 5.91 Å². The van der Waals surface area contributed by atoms with Crippen LogP contribution in [0.1, 0.15) is 12.5 Å². The second-order valence-corrected chi connectivity index (χ2v) is 9.06. The summed E-state index contributed by atoms with van der Waals surface area (Å²) in [5.41, 5.74) is 2.66. The van der Waals surface area contributed by atoms with Gasteiger partial charge in [-0.1, -0.05) is 23.2 Å². The van der Waals surface area contributed by atoms with Gasteiger partial charge in [-0.05, 0) is 66.7 Å². The Hall–Kier alpha value is -2.19. The van der Waals surface area contributed by atoms with Gasteiger partial charge in [-0.25, -0.2) is 4.99 Å². The van der Waals surface area contributed by atoms with Crippen molar-refractivity contribution in [3.05, 3.63) is 56.9 Å². The highest BCUT2D eigenvalue weighted by Crippen LogP contribution is 2.37. The molecule has 0 aliphatic carbocycles. The van der Waals surface area contributed by atoms with Crippen LogP contribution in [0.2, 0.25) is 10.0 Å². The second-order valence-electron chi connectivity index (χ2n) is 7.23. The maximum absolute atomic E-state index is 12.8. The lowest BCUT2D eigenvalue weighted by Crippen LogP contribution is -2.36. The van der Waals surface area contributed by atoms with Gasteiger partial charge in [0.05, 0.1) is 40.5 Å². The zero-order valence-electron chi connectivity index (χ0n) is 17.8. The van der Waals surface area contributed by atoms with Crippen molar-refractivity contribution in [2.45, 2.75) is 6.92 Å². The number of morpholine rings is 1. The first-order valence-electron chi connectivity index (χ1n) is 10.3. The van der Waals surface area contributed by atoms with Crippen LogP contribution in [0.3, 0.4) is 0 Å². The third kappa shape index (κ3) is 5.07. The van der Waals surface area contributed by atoms with E-state index in [1.165, 1.54) is 11.8 Å². The van der Waals surface area contributed by atoms with Crippen LogP contribution in [0, 0.1) is 0 Å². The van der Waals surface area contributed by atoms with Crippen molar-refractivity contribution in [2.75, 3.05) is 44.9 Å². The molecule has 2 aliphatic heterocycles. The third-order valence-corrected chi connectivity index (χ3v) is 6.68. The van der Waals surface area contributed by atoms with Crippen molar-refractivity contribution >= 4 is 63.5 Å². The second kappa shape index (κ2) is 10.2. The van der Waals surface area contributed by atoms with Gasteiger partial charge < -0.3 is 14.4 Å². The van der Waals surface area contributed by atoms with Crippen LogP contribution in [0.4, 0.5) is 11.4 Å². The summed E-state index contributed by atoms with van der Waals surface area (Å²) in [6.45, 7) is 5.58. The normalized spacial score (nSPS) is 19.3. The molecule has 0 bridgehead atoms. The number of hydrogen-bond acceptors (Lipinski definition) is 6. The maximum atomic E-state index is 12.8. The molecular formula is C23H23Cl2N3O3S. The lowest BCUT2D eigenvalue weighted by Gasteiger charge is -2.28. The Kier molecular flexibility index (Phi) is 7.30. The monoisotopic (exact) mass is 491 g/mol. The van der Waals surface area contributed by atoms with Gasteiger partial charge >= 0.3 is 0 Å². The molecule has 0 atom stereocenters. The summed E-state index contributed by atoms with van der Waals surface area (Å²) >= 11 is 13.9. The van der Waals surface area contributed by atoms with Gasteiger partial charge in [0.15, 0.2) is 10.9 Å². The molecule has 6 nitrogen and oxygen atoms in total. The topological polar surface area (TPSA) is 54.4 Å². The molecule has 2 aliphatic rings. The van der Waals surface area contributed by atoms with E-state index in [1.807, 2.05) is 31.2 Å². The summed E-state index contributed by atoms with van der Waals surface area (Å²) in [7, 11) is 1.72. The highest BCUT2D eigenvalue weighted by atomic mass is 35.5. The number of nitrogens with zero attached hydrogens (tertiary/aromatic N) is 3. The first-order valence-corrected chi connectivity index (χ1v) is 11.8. The van der Waals surface area contributed by atoms with Crippen molar-refractivity contribution in [1.82, 2.24) is 4.90 Å². The van der Waals surface area contributed by atoms with Gasteiger partial charge in [0.1, 0.15) is 0 Å². The molecule has 4 rings (SSSR count). The number of thioether (sulfide) groups is 1. The average Bonchev–Trinajstić information content (AvgIpc) is 3.05. The number of aliphatic imine (C=N–C) groups is 1. The highest BCUT2D eigenvalue weighted by molar-refractivity contribution is 8.18. The first kappa shape index (κ1) is 23.0. The first-order chi connectivity index (χ1) is 15.5. The SMILES string of the molecule is CCOc1c(Cl)cc(/C=C2\SC(=Nc3ccc(N4CCOCC4)cc3)N(C)C2=O)cc1Cl. The van der Waals surface area contributed by atoms with Crippen LogP contribution >= 0.6 is 35.0 Å². The predicted octanol–water partition coefficient (Wildman–Crippen LogP) is 5.46. The molecule has 168 valence electrons. The molecule has 2 fully saturated rings. The molecule has 2 saturated heterocycles. The van der Waals surface area contributed by atoms with Gasteiger partial charge in [-0.15, -0.1) is 0 Å². The summed E-state index contributed by atoms with van der Waals surface area (Å²) in [6, 6.07) is 11.5. The number of anilines is 1. The van der Waals surface area contributed by atoms with E-state index in [1.54, 1.807) is 30.2 Å². The van der Waals surface area contributed by atoms with Crippen LogP contribution in [-0.4, -0.2) is 55.9 Å². The van der Waals surface area contributed by atoms with Gasteiger partial charge in [-0.3, -0.25) is 9.69 Å². The van der Waals surface area contributed by atoms with Gasteiger partial charge in [-0.2, -0.15) is 0 Å². The van der Waals surface area contributed by atoms with Crippen molar-refractivity contribution in [3.63, 3.8) is 0 Å². The van der Waals surface area contributed by atoms with E-state index >= 15 is 0 Å². The van der Waals surface area contributed by atoms with Crippen LogP contribution in [-0.2, 0) is 9.53 Å².